The number of phenolic OH excluding ortho intramolecular Hbond substituents is 1. The normalized spacial score (nSPS) is 30.0. The monoisotopic (exact) mass is 342 g/mol. The predicted octanol–water partition coefficient (Wildman–Crippen LogP) is 2.89. The fraction of sp³-hybridized carbons (Fsp3) is 0.500. The number of amides is 1. The second-order valence-electron chi connectivity index (χ2n) is 6.27. The molecule has 0 bridgehead atoms. The first kappa shape index (κ1) is 16.8. The molecule has 1 aliphatic heterocycles. The van der Waals surface area contributed by atoms with Gasteiger partial charge in [-0.3, -0.25) is 4.79 Å². The molecule has 0 spiro atoms. The summed E-state index contributed by atoms with van der Waals surface area (Å²) in [6.07, 6.45) is -3.80. The van der Waals surface area contributed by atoms with Crippen LogP contribution in [0.25, 0.3) is 0 Å². The van der Waals surface area contributed by atoms with Gasteiger partial charge in [-0.1, -0.05) is 25.5 Å². The van der Waals surface area contributed by atoms with Gasteiger partial charge >= 0.3 is 6.18 Å². The first-order valence-electron chi connectivity index (χ1n) is 7.68. The number of fused-ring (bicyclic) bond motifs is 1. The van der Waals surface area contributed by atoms with Gasteiger partial charge in [-0.25, -0.2) is 0 Å². The maximum atomic E-state index is 13.7. The van der Waals surface area contributed by atoms with E-state index in [0.717, 1.165) is 0 Å². The Morgan fingerprint density at radius 1 is 1.33 bits per heavy atom. The van der Waals surface area contributed by atoms with E-state index < -0.39 is 29.5 Å². The molecule has 3 rings (SSSR count). The number of hydrogen-bond donors (Lipinski definition) is 2. The zero-order chi connectivity index (χ0) is 17.7. The van der Waals surface area contributed by atoms with Crippen molar-refractivity contribution in [3.05, 3.63) is 29.8 Å². The van der Waals surface area contributed by atoms with Crippen LogP contribution in [0.2, 0.25) is 0 Å². The molecule has 1 aromatic carbocycles. The summed E-state index contributed by atoms with van der Waals surface area (Å²) in [4.78, 5) is 12.6. The predicted molar refractivity (Wildman–Crippen MR) is 79.2 cm³/mol. The smallest absolute Gasteiger partial charge is 0.439 e. The molecule has 2 N–H and O–H groups in total. The van der Waals surface area contributed by atoms with Gasteiger partial charge in [-0.15, -0.1) is 0 Å². The molecule has 1 heterocycles. The Balaban J connectivity index is 2.10. The number of hydrogen-bond acceptors (Lipinski definition) is 4. The van der Waals surface area contributed by atoms with Gasteiger partial charge in [0.2, 0.25) is 0 Å². The first-order valence-corrected chi connectivity index (χ1v) is 7.68. The van der Waals surface area contributed by atoms with Crippen molar-refractivity contribution in [2.75, 3.05) is 0 Å². The van der Waals surface area contributed by atoms with E-state index in [1.807, 2.05) is 0 Å². The van der Waals surface area contributed by atoms with Gasteiger partial charge in [0.05, 0.1) is 11.5 Å². The number of rotatable bonds is 1. The van der Waals surface area contributed by atoms with Crippen molar-refractivity contribution in [1.29, 1.82) is 0 Å². The molecular weight excluding hydrogens is 325 g/mol. The Kier molecular flexibility index (Phi) is 3.82. The van der Waals surface area contributed by atoms with Gasteiger partial charge in [0.15, 0.2) is 0 Å². The molecule has 3 atom stereocenters. The number of benzene rings is 1. The second-order valence-corrected chi connectivity index (χ2v) is 6.27. The van der Waals surface area contributed by atoms with Gasteiger partial charge in [-0.05, 0) is 30.9 Å². The van der Waals surface area contributed by atoms with Crippen LogP contribution in [0.4, 0.5) is 13.2 Å². The highest BCUT2D eigenvalue weighted by Gasteiger charge is 2.69. The zero-order valence-corrected chi connectivity index (χ0v) is 12.9. The number of aromatic hydroxyl groups is 1. The quantitative estimate of drug-likeness (QED) is 0.824. The van der Waals surface area contributed by atoms with Crippen LogP contribution in [0.1, 0.15) is 36.5 Å². The Bertz CT molecular complexity index is 704. The number of nitrogens with zero attached hydrogens (tertiary/aromatic N) is 2. The van der Waals surface area contributed by atoms with E-state index in [-0.39, 0.29) is 28.6 Å². The maximum Gasteiger partial charge on any atom is 0.439 e. The number of halogens is 3. The van der Waals surface area contributed by atoms with E-state index in [0.29, 0.717) is 12.8 Å². The molecule has 24 heavy (non-hydrogen) atoms. The number of carbonyl (C=O) groups is 1. The molecule has 1 saturated carbocycles. The third kappa shape index (κ3) is 2.28. The van der Waals surface area contributed by atoms with Crippen LogP contribution in [0.15, 0.2) is 29.4 Å². The number of hydrazone groups is 1. The van der Waals surface area contributed by atoms with Gasteiger partial charge in [0.1, 0.15) is 5.75 Å². The average molecular weight is 342 g/mol. The molecule has 0 radical (unpaired) electrons. The molecule has 1 amide bonds. The third-order valence-corrected chi connectivity index (χ3v) is 4.76. The zero-order valence-electron chi connectivity index (χ0n) is 12.9. The van der Waals surface area contributed by atoms with Crippen molar-refractivity contribution >= 4 is 11.6 Å². The summed E-state index contributed by atoms with van der Waals surface area (Å²) in [5.41, 5.74) is -3.54. The van der Waals surface area contributed by atoms with Crippen molar-refractivity contribution < 1.29 is 28.2 Å². The Labute approximate surface area is 136 Å². The summed E-state index contributed by atoms with van der Waals surface area (Å²) < 4.78 is 41.1. The fourth-order valence-corrected chi connectivity index (χ4v) is 3.47. The van der Waals surface area contributed by atoms with Crippen LogP contribution in [0.3, 0.4) is 0 Å². The lowest BCUT2D eigenvalue weighted by Crippen LogP contribution is -2.61. The highest BCUT2D eigenvalue weighted by atomic mass is 19.4. The van der Waals surface area contributed by atoms with Gasteiger partial charge in [0, 0.05) is 5.71 Å². The standard InChI is InChI=1S/C16H17F3N2O3/c1-9-5-4-7-11-13(9)20-21(15(11,24)16(17,18)19)14(23)10-6-2-3-8-12(10)22/h2-3,6,8-9,11,22,24H,4-5,7H2,1H3. The number of phenols is 1. The van der Waals surface area contributed by atoms with Crippen LogP contribution in [-0.4, -0.2) is 38.7 Å². The van der Waals surface area contributed by atoms with E-state index in [1.165, 1.54) is 24.3 Å². The van der Waals surface area contributed by atoms with Crippen molar-refractivity contribution in [3.63, 3.8) is 0 Å². The lowest BCUT2D eigenvalue weighted by atomic mass is 9.75. The topological polar surface area (TPSA) is 73.1 Å². The average Bonchev–Trinajstić information content (AvgIpc) is 2.83. The Morgan fingerprint density at radius 2 is 2.00 bits per heavy atom. The van der Waals surface area contributed by atoms with Crippen LogP contribution in [0, 0.1) is 11.8 Å². The molecule has 0 saturated heterocycles. The number of para-hydroxylation sites is 1. The summed E-state index contributed by atoms with van der Waals surface area (Å²) in [6.45, 7) is 1.73. The lowest BCUT2D eigenvalue weighted by molar-refractivity contribution is -0.312. The minimum Gasteiger partial charge on any atom is -0.507 e. The summed E-state index contributed by atoms with van der Waals surface area (Å²) in [5.74, 6) is -3.17. The molecule has 130 valence electrons. The third-order valence-electron chi connectivity index (χ3n) is 4.76. The Hall–Kier alpha value is -2.09. The van der Waals surface area contributed by atoms with Gasteiger partial charge in [-0.2, -0.15) is 23.3 Å². The molecule has 1 fully saturated rings. The SMILES string of the molecule is CC1CCCC2C1=NN(C(=O)c1ccccc1O)C2(O)C(F)(F)F. The second kappa shape index (κ2) is 5.47. The summed E-state index contributed by atoms with van der Waals surface area (Å²) >= 11 is 0. The lowest BCUT2D eigenvalue weighted by Gasteiger charge is -2.39. The van der Waals surface area contributed by atoms with Crippen LogP contribution < -0.4 is 0 Å². The molecule has 0 aromatic heterocycles. The minimum atomic E-state index is -5.07. The molecule has 2 aliphatic rings. The van der Waals surface area contributed by atoms with E-state index in [2.05, 4.69) is 5.10 Å². The summed E-state index contributed by atoms with van der Waals surface area (Å²) in [6, 6.07) is 5.25. The largest absolute Gasteiger partial charge is 0.507 e. The van der Waals surface area contributed by atoms with Crippen LogP contribution >= 0.6 is 0 Å². The summed E-state index contributed by atoms with van der Waals surface area (Å²) in [5, 5.41) is 24.2. The van der Waals surface area contributed by atoms with E-state index in [9.17, 15) is 28.2 Å². The number of carbonyl (C=O) groups excluding carboxylic acids is 1. The fourth-order valence-electron chi connectivity index (χ4n) is 3.47. The van der Waals surface area contributed by atoms with Crippen LogP contribution in [-0.2, 0) is 0 Å². The molecule has 3 unspecified atom stereocenters. The van der Waals surface area contributed by atoms with Crippen molar-refractivity contribution in [2.24, 2.45) is 16.9 Å². The molecule has 5 nitrogen and oxygen atoms in total. The van der Waals surface area contributed by atoms with E-state index in [1.54, 1.807) is 6.92 Å². The van der Waals surface area contributed by atoms with Crippen LogP contribution in [0.5, 0.6) is 5.75 Å². The van der Waals surface area contributed by atoms with Crippen molar-refractivity contribution in [3.8, 4) is 5.75 Å². The highest BCUT2D eigenvalue weighted by Crippen LogP contribution is 2.49. The van der Waals surface area contributed by atoms with E-state index >= 15 is 0 Å². The van der Waals surface area contributed by atoms with Crippen molar-refractivity contribution in [2.45, 2.75) is 38.1 Å². The Morgan fingerprint density at radius 3 is 2.62 bits per heavy atom. The van der Waals surface area contributed by atoms with E-state index in [4.69, 9.17) is 0 Å². The van der Waals surface area contributed by atoms with Gasteiger partial charge < -0.3 is 10.2 Å². The maximum absolute atomic E-state index is 13.7. The molecule has 8 heteroatoms. The minimum absolute atomic E-state index is 0.101. The number of aliphatic hydroxyl groups is 1. The first-order chi connectivity index (χ1) is 11.2. The summed E-state index contributed by atoms with van der Waals surface area (Å²) in [7, 11) is 0. The van der Waals surface area contributed by atoms with Crippen molar-refractivity contribution in [1.82, 2.24) is 5.01 Å². The molecule has 1 aliphatic carbocycles. The number of alkyl halides is 3. The van der Waals surface area contributed by atoms with Gasteiger partial charge in [0.25, 0.3) is 11.6 Å². The molecule has 1 aromatic rings. The molecular formula is C16H17F3N2O3. The highest BCUT2D eigenvalue weighted by molar-refractivity contribution is 6.01.